The molecule has 2 aromatic rings. The Morgan fingerprint density at radius 2 is 1.68 bits per heavy atom. The molecule has 0 aliphatic carbocycles. The third-order valence-corrected chi connectivity index (χ3v) is 6.11. The molecule has 2 N–H and O–H groups in total. The van der Waals surface area contributed by atoms with Gasteiger partial charge in [0.15, 0.2) is 0 Å². The van der Waals surface area contributed by atoms with Crippen LogP contribution in [-0.4, -0.2) is 24.4 Å². The van der Waals surface area contributed by atoms with E-state index in [1.54, 1.807) is 0 Å². The highest BCUT2D eigenvalue weighted by Crippen LogP contribution is 2.43. The van der Waals surface area contributed by atoms with Crippen LogP contribution in [0.25, 0.3) is 21.4 Å². The van der Waals surface area contributed by atoms with Gasteiger partial charge in [-0.1, -0.05) is 49.9 Å². The van der Waals surface area contributed by atoms with Gasteiger partial charge < -0.3 is 15.7 Å². The van der Waals surface area contributed by atoms with Gasteiger partial charge in [0.2, 0.25) is 0 Å². The number of thioether (sulfide) groups is 1. The van der Waals surface area contributed by atoms with E-state index >= 15 is 0 Å². The molecule has 0 saturated carbocycles. The first-order chi connectivity index (χ1) is 12.1. The van der Waals surface area contributed by atoms with E-state index in [2.05, 4.69) is 50.1 Å². The topological polar surface area (TPSA) is 50.9 Å². The number of benzene rings is 2. The predicted molar refractivity (Wildman–Crippen MR) is 111 cm³/mol. The molecule has 25 heavy (non-hydrogen) atoms. The molecule has 1 aliphatic heterocycles. The van der Waals surface area contributed by atoms with Crippen LogP contribution < -0.4 is 10.4 Å². The maximum atomic E-state index is 7.42. The van der Waals surface area contributed by atoms with E-state index in [1.165, 1.54) is 38.7 Å². The van der Waals surface area contributed by atoms with Crippen molar-refractivity contribution >= 4 is 45.6 Å². The van der Waals surface area contributed by atoms with Crippen molar-refractivity contribution in [3.05, 3.63) is 57.4 Å². The van der Waals surface area contributed by atoms with Crippen molar-refractivity contribution in [2.24, 2.45) is 0 Å². The molecule has 0 unspecified atom stereocenters. The van der Waals surface area contributed by atoms with E-state index in [-0.39, 0.29) is 0 Å². The molecular formula is C21H23N3S. The van der Waals surface area contributed by atoms with Gasteiger partial charge in [-0.15, -0.1) is 0 Å². The first-order valence-electron chi connectivity index (χ1n) is 8.55. The molecule has 0 saturated heterocycles. The summed E-state index contributed by atoms with van der Waals surface area (Å²) in [6.45, 7) is 4.44. The van der Waals surface area contributed by atoms with Gasteiger partial charge in [-0.05, 0) is 41.0 Å². The minimum Gasteiger partial charge on any atom is -0.341 e. The summed E-state index contributed by atoms with van der Waals surface area (Å²) >= 11 is 1.89. The minimum atomic E-state index is 0.621. The van der Waals surface area contributed by atoms with Crippen molar-refractivity contribution in [2.75, 3.05) is 7.05 Å². The first-order valence-corrected chi connectivity index (χ1v) is 9.37. The molecule has 3 rings (SSSR count). The third kappa shape index (κ3) is 3.14. The van der Waals surface area contributed by atoms with E-state index in [0.717, 1.165) is 23.4 Å². The van der Waals surface area contributed by atoms with Crippen LogP contribution in [0.5, 0.6) is 0 Å². The van der Waals surface area contributed by atoms with Crippen molar-refractivity contribution in [1.82, 2.24) is 4.90 Å². The molecule has 0 aromatic heterocycles. The Bertz CT molecular complexity index is 991. The minimum absolute atomic E-state index is 0.621. The third-order valence-electron chi connectivity index (χ3n) is 4.64. The van der Waals surface area contributed by atoms with Crippen LogP contribution in [0.2, 0.25) is 0 Å². The second-order valence-corrected chi connectivity index (χ2v) is 7.15. The van der Waals surface area contributed by atoms with Crippen LogP contribution >= 0.6 is 11.8 Å². The molecular weight excluding hydrogens is 326 g/mol. The summed E-state index contributed by atoms with van der Waals surface area (Å²) in [6.07, 6.45) is 4.59. The van der Waals surface area contributed by atoms with E-state index in [4.69, 9.17) is 10.8 Å². The number of hydrogen-bond donors (Lipinski definition) is 2. The molecule has 0 bridgehead atoms. The quantitative estimate of drug-likeness (QED) is 0.818. The predicted octanol–water partition coefficient (Wildman–Crippen LogP) is 4.07. The van der Waals surface area contributed by atoms with Gasteiger partial charge in [-0.2, -0.15) is 0 Å². The van der Waals surface area contributed by atoms with Crippen molar-refractivity contribution in [2.45, 2.75) is 26.7 Å². The number of fused-ring (bicyclic) bond motifs is 1. The summed E-state index contributed by atoms with van der Waals surface area (Å²) < 4.78 is 0. The molecule has 0 spiro atoms. The number of hydrogen-bond acceptors (Lipinski definition) is 4. The highest BCUT2D eigenvalue weighted by atomic mass is 32.2. The van der Waals surface area contributed by atoms with E-state index in [9.17, 15) is 0 Å². The summed E-state index contributed by atoms with van der Waals surface area (Å²) in [5, 5.41) is 20.6. The Balaban J connectivity index is 2.15. The lowest BCUT2D eigenvalue weighted by Crippen LogP contribution is -2.17. The molecule has 1 aliphatic rings. The Morgan fingerprint density at radius 1 is 1.00 bits per heavy atom. The highest BCUT2D eigenvalue weighted by molar-refractivity contribution is 8.11. The second kappa shape index (κ2) is 7.28. The Hall–Kier alpha value is -2.33. The Kier molecular flexibility index (Phi) is 5.09. The van der Waals surface area contributed by atoms with Gasteiger partial charge in [-0.3, -0.25) is 0 Å². The van der Waals surface area contributed by atoms with Crippen molar-refractivity contribution < 1.29 is 0 Å². The van der Waals surface area contributed by atoms with Crippen LogP contribution in [-0.2, 0) is 0 Å². The van der Waals surface area contributed by atoms with E-state index < -0.39 is 0 Å². The highest BCUT2D eigenvalue weighted by Gasteiger charge is 2.23. The molecule has 0 radical (unpaired) electrons. The molecule has 0 atom stereocenters. The van der Waals surface area contributed by atoms with Crippen LogP contribution in [0.1, 0.15) is 26.7 Å². The fourth-order valence-corrected chi connectivity index (χ4v) is 4.55. The van der Waals surface area contributed by atoms with Crippen LogP contribution in [0.3, 0.4) is 0 Å². The number of rotatable bonds is 4. The van der Waals surface area contributed by atoms with Gasteiger partial charge >= 0.3 is 0 Å². The average molecular weight is 350 g/mol. The number of nitrogens with one attached hydrogen (secondary N) is 2. The zero-order valence-corrected chi connectivity index (χ0v) is 15.7. The maximum Gasteiger partial charge on any atom is 0.0867 e. The molecule has 2 aromatic carbocycles. The average Bonchev–Trinajstić information content (AvgIpc) is 2.97. The maximum absolute atomic E-state index is 7.42. The number of nitrogens with zero attached hydrogens (tertiary/aromatic N) is 1. The van der Waals surface area contributed by atoms with Crippen molar-refractivity contribution in [1.29, 1.82) is 10.8 Å². The number of allylic oxidation sites excluding steroid dienone is 2. The molecule has 128 valence electrons. The lowest BCUT2D eigenvalue weighted by Gasteiger charge is -2.16. The van der Waals surface area contributed by atoms with E-state index in [0.29, 0.717) is 5.57 Å². The van der Waals surface area contributed by atoms with E-state index in [1.807, 2.05) is 23.9 Å². The zero-order valence-electron chi connectivity index (χ0n) is 14.9. The van der Waals surface area contributed by atoms with Crippen LogP contribution in [0.4, 0.5) is 0 Å². The van der Waals surface area contributed by atoms with Crippen LogP contribution in [0.15, 0.2) is 47.0 Å². The summed E-state index contributed by atoms with van der Waals surface area (Å²) in [5.41, 5.74) is 2.05. The fourth-order valence-electron chi connectivity index (χ4n) is 3.28. The summed E-state index contributed by atoms with van der Waals surface area (Å²) in [4.78, 5) is 3.79. The summed E-state index contributed by atoms with van der Waals surface area (Å²) in [6, 6.07) is 12.7. The second-order valence-electron chi connectivity index (χ2n) is 6.06. The first kappa shape index (κ1) is 17.5. The molecule has 0 amide bonds. The van der Waals surface area contributed by atoms with Crippen molar-refractivity contribution in [3.63, 3.8) is 0 Å². The molecule has 3 nitrogen and oxygen atoms in total. The van der Waals surface area contributed by atoms with Crippen molar-refractivity contribution in [3.8, 4) is 0 Å². The van der Waals surface area contributed by atoms with Gasteiger partial charge in [0, 0.05) is 40.9 Å². The van der Waals surface area contributed by atoms with Crippen LogP contribution in [0, 0.1) is 10.8 Å². The zero-order chi connectivity index (χ0) is 18.0. The smallest absolute Gasteiger partial charge is 0.0867 e. The normalized spacial score (nSPS) is 16.5. The monoisotopic (exact) mass is 349 g/mol. The summed E-state index contributed by atoms with van der Waals surface area (Å²) in [5.74, 6) is 0. The fraction of sp³-hybridized carbons (Fsp3) is 0.238. The Labute approximate surface area is 152 Å². The molecule has 4 heteroatoms. The molecule has 0 fully saturated rings. The van der Waals surface area contributed by atoms with Gasteiger partial charge in [-0.25, -0.2) is 0 Å². The van der Waals surface area contributed by atoms with Gasteiger partial charge in [0.05, 0.1) is 5.03 Å². The lowest BCUT2D eigenvalue weighted by molar-refractivity contribution is 0.585. The Morgan fingerprint density at radius 3 is 2.28 bits per heavy atom. The van der Waals surface area contributed by atoms with Gasteiger partial charge in [0.1, 0.15) is 0 Å². The largest absolute Gasteiger partial charge is 0.341 e. The lowest BCUT2D eigenvalue weighted by atomic mass is 10.1. The SMILES string of the molecule is CCC1=C(CC)N(C)/C(=c2/ccc3cc(=C(C=N)C=N)ccc3c2)S1. The standard InChI is InChI=1S/C21H23N3S/c1-4-19-20(5-2)25-21(24(19)3)17-9-8-14-10-16(18(12-22)13-23)7-6-15(14)11-17/h6-13,22-23H,4-5H2,1-3H3/b18-16?,21-17+,22-12?,23-13?. The molecule has 1 heterocycles. The summed E-state index contributed by atoms with van der Waals surface area (Å²) in [7, 11) is 2.16. The van der Waals surface area contributed by atoms with Gasteiger partial charge in [0.25, 0.3) is 0 Å².